The van der Waals surface area contributed by atoms with Crippen molar-refractivity contribution in [2.24, 2.45) is 0 Å². The van der Waals surface area contributed by atoms with Gasteiger partial charge in [-0.2, -0.15) is 5.26 Å². The van der Waals surface area contributed by atoms with E-state index in [1.165, 1.54) is 11.1 Å². The van der Waals surface area contributed by atoms with Gasteiger partial charge in [0.2, 0.25) is 0 Å². The average Bonchev–Trinajstić information content (AvgIpc) is 2.42. The Kier molecular flexibility index (Phi) is 6.04. The summed E-state index contributed by atoms with van der Waals surface area (Å²) in [4.78, 5) is 0. The number of ether oxygens (including phenoxy) is 1. The largest absolute Gasteiger partial charge is 0.493 e. The van der Waals surface area contributed by atoms with Crippen molar-refractivity contribution in [3.63, 3.8) is 0 Å². The minimum absolute atomic E-state index is 0.0537. The summed E-state index contributed by atoms with van der Waals surface area (Å²) in [6, 6.07) is 8.46. The maximum absolute atomic E-state index is 8.91. The normalized spacial score (nSPS) is 12.8. The van der Waals surface area contributed by atoms with Crippen molar-refractivity contribution in [3.05, 3.63) is 29.3 Å². The Morgan fingerprint density at radius 3 is 2.55 bits per heavy atom. The Bertz CT molecular complexity index is 469. The third kappa shape index (κ3) is 4.54. The van der Waals surface area contributed by atoms with Gasteiger partial charge < -0.3 is 10.1 Å². The van der Waals surface area contributed by atoms with Crippen molar-refractivity contribution in [2.75, 3.05) is 13.7 Å². The van der Waals surface area contributed by atoms with Crippen LogP contribution in [0.4, 0.5) is 0 Å². The highest BCUT2D eigenvalue weighted by molar-refractivity contribution is 5.41. The van der Waals surface area contributed by atoms with Crippen LogP contribution >= 0.6 is 0 Å². The fraction of sp³-hybridized carbons (Fsp3) is 0.588. The SMILES string of the molecule is CCc1ccc(OCCC(C#N)NC)c(C(C)(C)C)c1. The van der Waals surface area contributed by atoms with Gasteiger partial charge in [-0.25, -0.2) is 0 Å². The lowest BCUT2D eigenvalue weighted by molar-refractivity contribution is 0.293. The smallest absolute Gasteiger partial charge is 0.123 e. The first-order chi connectivity index (χ1) is 9.42. The molecular formula is C17H26N2O. The van der Waals surface area contributed by atoms with E-state index in [-0.39, 0.29) is 11.5 Å². The molecule has 1 N–H and O–H groups in total. The first-order valence-electron chi connectivity index (χ1n) is 7.25. The third-order valence-corrected chi connectivity index (χ3v) is 3.43. The highest BCUT2D eigenvalue weighted by Crippen LogP contribution is 2.32. The van der Waals surface area contributed by atoms with Gasteiger partial charge in [-0.1, -0.05) is 39.8 Å². The van der Waals surface area contributed by atoms with Crippen molar-refractivity contribution >= 4 is 0 Å². The number of benzene rings is 1. The third-order valence-electron chi connectivity index (χ3n) is 3.43. The number of aryl methyl sites for hydroxylation is 1. The topological polar surface area (TPSA) is 45.0 Å². The molecule has 110 valence electrons. The minimum atomic E-state index is -0.150. The van der Waals surface area contributed by atoms with Crippen LogP contribution in [-0.4, -0.2) is 19.7 Å². The molecule has 0 spiro atoms. The van der Waals surface area contributed by atoms with E-state index in [2.05, 4.69) is 57.3 Å². The van der Waals surface area contributed by atoms with E-state index in [9.17, 15) is 0 Å². The van der Waals surface area contributed by atoms with Crippen molar-refractivity contribution in [1.29, 1.82) is 5.26 Å². The maximum atomic E-state index is 8.91. The molecule has 0 aliphatic rings. The first-order valence-corrected chi connectivity index (χ1v) is 7.25. The Labute approximate surface area is 123 Å². The molecule has 0 aliphatic carbocycles. The van der Waals surface area contributed by atoms with Crippen LogP contribution in [0.2, 0.25) is 0 Å². The molecule has 0 heterocycles. The zero-order valence-corrected chi connectivity index (χ0v) is 13.3. The summed E-state index contributed by atoms with van der Waals surface area (Å²) in [6.45, 7) is 9.29. The first kappa shape index (κ1) is 16.5. The van der Waals surface area contributed by atoms with Crippen LogP contribution in [0, 0.1) is 11.3 Å². The van der Waals surface area contributed by atoms with Gasteiger partial charge in [-0.15, -0.1) is 0 Å². The zero-order valence-electron chi connectivity index (χ0n) is 13.3. The van der Waals surface area contributed by atoms with Crippen LogP contribution in [0.15, 0.2) is 18.2 Å². The second-order valence-corrected chi connectivity index (χ2v) is 6.04. The summed E-state index contributed by atoms with van der Waals surface area (Å²) < 4.78 is 5.91. The van der Waals surface area contributed by atoms with Gasteiger partial charge in [0.25, 0.3) is 0 Å². The molecule has 3 heteroatoms. The van der Waals surface area contributed by atoms with Crippen LogP contribution in [0.25, 0.3) is 0 Å². The van der Waals surface area contributed by atoms with Gasteiger partial charge in [-0.05, 0) is 36.1 Å². The minimum Gasteiger partial charge on any atom is -0.493 e. The molecule has 20 heavy (non-hydrogen) atoms. The lowest BCUT2D eigenvalue weighted by Gasteiger charge is -2.24. The van der Waals surface area contributed by atoms with E-state index in [4.69, 9.17) is 10.00 Å². The number of rotatable bonds is 6. The Morgan fingerprint density at radius 1 is 1.35 bits per heavy atom. The Morgan fingerprint density at radius 2 is 2.05 bits per heavy atom. The predicted molar refractivity (Wildman–Crippen MR) is 83.1 cm³/mol. The number of nitrogens with zero attached hydrogens (tertiary/aromatic N) is 1. The van der Waals surface area contributed by atoms with Crippen molar-refractivity contribution in [2.45, 2.75) is 52.0 Å². The average molecular weight is 274 g/mol. The van der Waals surface area contributed by atoms with E-state index in [0.29, 0.717) is 13.0 Å². The molecule has 1 aromatic carbocycles. The van der Waals surface area contributed by atoms with Crippen LogP contribution < -0.4 is 10.1 Å². The second-order valence-electron chi connectivity index (χ2n) is 6.04. The van der Waals surface area contributed by atoms with E-state index in [1.54, 1.807) is 7.05 Å². The van der Waals surface area contributed by atoms with Gasteiger partial charge in [0.15, 0.2) is 0 Å². The standard InChI is InChI=1S/C17H26N2O/c1-6-13-7-8-16(15(11-13)17(2,3)4)20-10-9-14(12-18)19-5/h7-8,11,14,19H,6,9-10H2,1-5H3. The number of nitrogens with one attached hydrogen (secondary N) is 1. The van der Waals surface area contributed by atoms with Crippen LogP contribution in [-0.2, 0) is 11.8 Å². The summed E-state index contributed by atoms with van der Waals surface area (Å²) in [5.41, 5.74) is 2.61. The summed E-state index contributed by atoms with van der Waals surface area (Å²) in [7, 11) is 1.80. The van der Waals surface area contributed by atoms with Crippen molar-refractivity contribution in [3.8, 4) is 11.8 Å². The molecule has 0 aromatic heterocycles. The molecule has 1 aromatic rings. The molecule has 0 radical (unpaired) electrons. The predicted octanol–water partition coefficient (Wildman–Crippen LogP) is 3.43. The lowest BCUT2D eigenvalue weighted by Crippen LogP contribution is -2.25. The molecule has 1 rings (SSSR count). The second kappa shape index (κ2) is 7.31. The number of hydrogen-bond donors (Lipinski definition) is 1. The summed E-state index contributed by atoms with van der Waals surface area (Å²) in [5, 5.41) is 11.9. The Balaban J connectivity index is 2.82. The highest BCUT2D eigenvalue weighted by atomic mass is 16.5. The van der Waals surface area contributed by atoms with Gasteiger partial charge in [0, 0.05) is 6.42 Å². The van der Waals surface area contributed by atoms with Crippen LogP contribution in [0.3, 0.4) is 0 Å². The van der Waals surface area contributed by atoms with Gasteiger partial charge in [-0.3, -0.25) is 0 Å². The Hall–Kier alpha value is -1.53. The summed E-state index contributed by atoms with van der Waals surface area (Å²) in [5.74, 6) is 0.933. The molecular weight excluding hydrogens is 248 g/mol. The molecule has 0 saturated heterocycles. The van der Waals surface area contributed by atoms with Gasteiger partial charge >= 0.3 is 0 Å². The fourth-order valence-electron chi connectivity index (χ4n) is 2.07. The molecule has 3 nitrogen and oxygen atoms in total. The number of hydrogen-bond acceptors (Lipinski definition) is 3. The molecule has 0 amide bonds. The summed E-state index contributed by atoms with van der Waals surface area (Å²) in [6.07, 6.45) is 1.71. The van der Waals surface area contributed by atoms with E-state index in [0.717, 1.165) is 12.2 Å². The molecule has 0 bridgehead atoms. The zero-order chi connectivity index (χ0) is 15.2. The highest BCUT2D eigenvalue weighted by Gasteiger charge is 2.19. The van der Waals surface area contributed by atoms with Crippen molar-refractivity contribution < 1.29 is 4.74 Å². The quantitative estimate of drug-likeness (QED) is 0.864. The lowest BCUT2D eigenvalue weighted by atomic mass is 9.85. The molecule has 0 fully saturated rings. The maximum Gasteiger partial charge on any atom is 0.123 e. The number of nitriles is 1. The summed E-state index contributed by atoms with van der Waals surface area (Å²) >= 11 is 0. The van der Waals surface area contributed by atoms with Crippen LogP contribution in [0.1, 0.15) is 45.2 Å². The van der Waals surface area contributed by atoms with Gasteiger partial charge in [0.1, 0.15) is 5.75 Å². The van der Waals surface area contributed by atoms with E-state index >= 15 is 0 Å². The van der Waals surface area contributed by atoms with Gasteiger partial charge in [0.05, 0.1) is 18.7 Å². The molecule has 1 atom stereocenters. The monoisotopic (exact) mass is 274 g/mol. The van der Waals surface area contributed by atoms with Crippen molar-refractivity contribution in [1.82, 2.24) is 5.32 Å². The molecule has 0 aliphatic heterocycles. The molecule has 1 unspecified atom stereocenters. The van der Waals surface area contributed by atoms with E-state index in [1.807, 2.05) is 0 Å². The van der Waals surface area contributed by atoms with Crippen LogP contribution in [0.5, 0.6) is 5.75 Å². The molecule has 0 saturated carbocycles. The fourth-order valence-corrected chi connectivity index (χ4v) is 2.07. The van der Waals surface area contributed by atoms with E-state index < -0.39 is 0 Å².